The quantitative estimate of drug-likeness (QED) is 0.881. The molecular formula is C16H21N3O2. The van der Waals surface area contributed by atoms with Crippen LogP contribution < -0.4 is 10.6 Å². The van der Waals surface area contributed by atoms with Gasteiger partial charge in [0.2, 0.25) is 5.91 Å². The zero-order valence-electron chi connectivity index (χ0n) is 12.3. The van der Waals surface area contributed by atoms with E-state index in [-0.39, 0.29) is 17.7 Å². The molecule has 0 spiro atoms. The minimum Gasteiger partial charge on any atom is -0.336 e. The largest absolute Gasteiger partial charge is 0.336 e. The van der Waals surface area contributed by atoms with Crippen LogP contribution in [0.25, 0.3) is 0 Å². The summed E-state index contributed by atoms with van der Waals surface area (Å²) in [5, 5.41) is 6.14. The van der Waals surface area contributed by atoms with Crippen LogP contribution in [0.1, 0.15) is 23.7 Å². The Morgan fingerprint density at radius 3 is 2.38 bits per heavy atom. The Morgan fingerprint density at radius 1 is 1.19 bits per heavy atom. The summed E-state index contributed by atoms with van der Waals surface area (Å²) in [4.78, 5) is 26.0. The average molecular weight is 287 g/mol. The zero-order valence-corrected chi connectivity index (χ0v) is 12.3. The van der Waals surface area contributed by atoms with Crippen LogP contribution in [0.15, 0.2) is 24.3 Å². The van der Waals surface area contributed by atoms with Gasteiger partial charge >= 0.3 is 0 Å². The van der Waals surface area contributed by atoms with Crippen molar-refractivity contribution in [3.63, 3.8) is 0 Å². The lowest BCUT2D eigenvalue weighted by Gasteiger charge is -2.27. The second-order valence-electron chi connectivity index (χ2n) is 5.93. The second kappa shape index (κ2) is 5.85. The number of anilines is 1. The topological polar surface area (TPSA) is 61.4 Å². The minimum absolute atomic E-state index is 0.0604. The van der Waals surface area contributed by atoms with Gasteiger partial charge in [-0.2, -0.15) is 0 Å². The third kappa shape index (κ3) is 3.24. The number of piperazine rings is 1. The molecule has 5 heteroatoms. The van der Waals surface area contributed by atoms with Crippen molar-refractivity contribution in [3.8, 4) is 0 Å². The van der Waals surface area contributed by atoms with Gasteiger partial charge in [0.25, 0.3) is 5.91 Å². The van der Waals surface area contributed by atoms with Gasteiger partial charge in [-0.1, -0.05) is 6.92 Å². The summed E-state index contributed by atoms with van der Waals surface area (Å²) in [6.45, 7) is 5.27. The number of hydrogen-bond donors (Lipinski definition) is 2. The van der Waals surface area contributed by atoms with Gasteiger partial charge in [-0.3, -0.25) is 9.59 Å². The van der Waals surface area contributed by atoms with Crippen molar-refractivity contribution in [2.75, 3.05) is 31.5 Å². The number of nitrogens with zero attached hydrogens (tertiary/aromatic N) is 1. The van der Waals surface area contributed by atoms with Crippen LogP contribution in [-0.2, 0) is 4.79 Å². The summed E-state index contributed by atoms with van der Waals surface area (Å²) < 4.78 is 0. The van der Waals surface area contributed by atoms with Gasteiger partial charge in [0, 0.05) is 43.3 Å². The van der Waals surface area contributed by atoms with Gasteiger partial charge < -0.3 is 15.5 Å². The Hall–Kier alpha value is -1.88. The Kier molecular flexibility index (Phi) is 3.92. The summed E-state index contributed by atoms with van der Waals surface area (Å²) in [5.74, 6) is 0.805. The Balaban J connectivity index is 1.60. The van der Waals surface area contributed by atoms with Crippen LogP contribution in [0.2, 0.25) is 0 Å². The molecule has 1 aliphatic heterocycles. The van der Waals surface area contributed by atoms with Crippen molar-refractivity contribution in [3.05, 3.63) is 29.8 Å². The van der Waals surface area contributed by atoms with E-state index in [1.54, 1.807) is 24.3 Å². The summed E-state index contributed by atoms with van der Waals surface area (Å²) >= 11 is 0. The highest BCUT2D eigenvalue weighted by molar-refractivity contribution is 5.97. The van der Waals surface area contributed by atoms with Crippen molar-refractivity contribution < 1.29 is 9.59 Å². The Bertz CT molecular complexity index is 535. The smallest absolute Gasteiger partial charge is 0.253 e. The molecular weight excluding hydrogens is 266 g/mol. The van der Waals surface area contributed by atoms with Gasteiger partial charge in [0.15, 0.2) is 0 Å². The van der Waals surface area contributed by atoms with Gasteiger partial charge in [0.05, 0.1) is 0 Å². The van der Waals surface area contributed by atoms with Crippen LogP contribution in [-0.4, -0.2) is 42.9 Å². The first-order valence-electron chi connectivity index (χ1n) is 7.56. The third-order valence-electron chi connectivity index (χ3n) is 4.25. The predicted molar refractivity (Wildman–Crippen MR) is 81.1 cm³/mol. The fraction of sp³-hybridized carbons (Fsp3) is 0.500. The van der Waals surface area contributed by atoms with E-state index in [0.29, 0.717) is 11.5 Å². The molecule has 1 saturated heterocycles. The fourth-order valence-electron chi connectivity index (χ4n) is 2.67. The summed E-state index contributed by atoms with van der Waals surface area (Å²) in [6, 6.07) is 7.19. The molecule has 1 saturated carbocycles. The predicted octanol–water partition coefficient (Wildman–Crippen LogP) is 1.33. The summed E-state index contributed by atoms with van der Waals surface area (Å²) in [5.41, 5.74) is 1.44. The molecule has 0 radical (unpaired) electrons. The number of rotatable bonds is 3. The molecule has 21 heavy (non-hydrogen) atoms. The lowest BCUT2D eigenvalue weighted by atomic mass is 10.1. The monoisotopic (exact) mass is 287 g/mol. The van der Waals surface area contributed by atoms with E-state index in [2.05, 4.69) is 17.6 Å². The maximum Gasteiger partial charge on any atom is 0.253 e. The molecule has 0 aromatic heterocycles. The van der Waals surface area contributed by atoms with Crippen LogP contribution in [0.4, 0.5) is 5.69 Å². The van der Waals surface area contributed by atoms with E-state index in [4.69, 9.17) is 0 Å². The van der Waals surface area contributed by atoms with Crippen molar-refractivity contribution in [1.29, 1.82) is 0 Å². The van der Waals surface area contributed by atoms with Gasteiger partial charge in [-0.25, -0.2) is 0 Å². The number of carbonyl (C=O) groups excluding carboxylic acids is 2. The third-order valence-corrected chi connectivity index (χ3v) is 4.25. The molecule has 2 amide bonds. The SMILES string of the molecule is CC1CC1C(=O)Nc1ccc(C(=O)N2CCNCC2)cc1. The lowest BCUT2D eigenvalue weighted by molar-refractivity contribution is -0.117. The van der Waals surface area contributed by atoms with Gasteiger partial charge in [-0.15, -0.1) is 0 Å². The molecule has 5 nitrogen and oxygen atoms in total. The number of carbonyl (C=O) groups is 2. The van der Waals surface area contributed by atoms with E-state index < -0.39 is 0 Å². The van der Waals surface area contributed by atoms with E-state index >= 15 is 0 Å². The molecule has 1 aromatic rings. The molecule has 2 N–H and O–H groups in total. The zero-order chi connectivity index (χ0) is 14.8. The van der Waals surface area contributed by atoms with Crippen molar-refractivity contribution in [2.24, 2.45) is 11.8 Å². The van der Waals surface area contributed by atoms with Gasteiger partial charge in [0.1, 0.15) is 0 Å². The van der Waals surface area contributed by atoms with Crippen LogP contribution in [0, 0.1) is 11.8 Å². The molecule has 0 bridgehead atoms. The fourth-order valence-corrected chi connectivity index (χ4v) is 2.67. The summed E-state index contributed by atoms with van der Waals surface area (Å²) in [7, 11) is 0. The second-order valence-corrected chi connectivity index (χ2v) is 5.93. The molecule has 112 valence electrons. The summed E-state index contributed by atoms with van der Waals surface area (Å²) in [6.07, 6.45) is 0.978. The molecule has 1 aliphatic carbocycles. The molecule has 2 unspecified atom stereocenters. The number of nitrogens with one attached hydrogen (secondary N) is 2. The van der Waals surface area contributed by atoms with E-state index in [1.165, 1.54) is 0 Å². The molecule has 3 rings (SSSR count). The first-order chi connectivity index (χ1) is 10.1. The molecule has 1 heterocycles. The first kappa shape index (κ1) is 14.1. The van der Waals surface area contributed by atoms with Crippen LogP contribution in [0.5, 0.6) is 0 Å². The Morgan fingerprint density at radius 2 is 1.81 bits per heavy atom. The van der Waals surface area contributed by atoms with Crippen molar-refractivity contribution in [2.45, 2.75) is 13.3 Å². The standard InChI is InChI=1S/C16H21N3O2/c1-11-10-14(11)15(20)18-13-4-2-12(3-5-13)16(21)19-8-6-17-7-9-19/h2-5,11,14,17H,6-10H2,1H3,(H,18,20). The lowest BCUT2D eigenvalue weighted by Crippen LogP contribution is -2.46. The molecule has 1 aromatic carbocycles. The normalized spacial score (nSPS) is 24.5. The molecule has 2 aliphatic rings. The highest BCUT2D eigenvalue weighted by atomic mass is 16.2. The maximum atomic E-state index is 12.3. The van der Waals surface area contributed by atoms with E-state index in [1.807, 2.05) is 4.90 Å². The van der Waals surface area contributed by atoms with Crippen molar-refractivity contribution >= 4 is 17.5 Å². The number of benzene rings is 1. The minimum atomic E-state index is 0.0604. The Labute approximate surface area is 124 Å². The molecule has 2 atom stereocenters. The molecule has 2 fully saturated rings. The average Bonchev–Trinajstić information content (AvgIpc) is 3.25. The van der Waals surface area contributed by atoms with E-state index in [9.17, 15) is 9.59 Å². The van der Waals surface area contributed by atoms with Crippen molar-refractivity contribution in [1.82, 2.24) is 10.2 Å². The van der Waals surface area contributed by atoms with Crippen LogP contribution in [0.3, 0.4) is 0 Å². The van der Waals surface area contributed by atoms with Gasteiger partial charge in [-0.05, 0) is 36.6 Å². The number of amides is 2. The van der Waals surface area contributed by atoms with E-state index in [0.717, 1.165) is 38.3 Å². The highest BCUT2D eigenvalue weighted by Crippen LogP contribution is 2.38. The highest BCUT2D eigenvalue weighted by Gasteiger charge is 2.39. The maximum absolute atomic E-state index is 12.3. The first-order valence-corrected chi connectivity index (χ1v) is 7.56. The van der Waals surface area contributed by atoms with Crippen LogP contribution >= 0.6 is 0 Å². The number of hydrogen-bond acceptors (Lipinski definition) is 3.